The highest BCUT2D eigenvalue weighted by Gasteiger charge is 2.25. The van der Waals surface area contributed by atoms with Crippen LogP contribution >= 0.6 is 11.8 Å². The molecule has 0 radical (unpaired) electrons. The summed E-state index contributed by atoms with van der Waals surface area (Å²) in [6.45, 7) is 4.05. The SMILES string of the molecule is Cc1cc(C=C2SC(=O)NC2=O)c(C)n1-c1ccc(-c2ccccc2)cc1. The predicted molar refractivity (Wildman–Crippen MR) is 110 cm³/mol. The maximum atomic E-state index is 11.8. The molecule has 1 aliphatic heterocycles. The Bertz CT molecular complexity index is 1060. The number of aryl methyl sites for hydroxylation is 1. The molecule has 2 aromatic carbocycles. The van der Waals surface area contributed by atoms with E-state index in [2.05, 4.69) is 46.3 Å². The highest BCUT2D eigenvalue weighted by molar-refractivity contribution is 8.18. The van der Waals surface area contributed by atoms with Crippen LogP contribution in [0.1, 0.15) is 17.0 Å². The molecule has 1 saturated heterocycles. The number of carbonyl (C=O) groups excluding carboxylic acids is 2. The third-order valence-electron chi connectivity index (χ3n) is 4.63. The van der Waals surface area contributed by atoms with Gasteiger partial charge in [0, 0.05) is 17.1 Å². The number of nitrogens with one attached hydrogen (secondary N) is 1. The van der Waals surface area contributed by atoms with Gasteiger partial charge in [-0.05, 0) is 66.6 Å². The summed E-state index contributed by atoms with van der Waals surface area (Å²) in [6.07, 6.45) is 1.78. The number of hydrogen-bond donors (Lipinski definition) is 1. The highest BCUT2D eigenvalue weighted by Crippen LogP contribution is 2.29. The Labute approximate surface area is 161 Å². The molecule has 0 atom stereocenters. The van der Waals surface area contributed by atoms with Crippen molar-refractivity contribution in [2.45, 2.75) is 13.8 Å². The highest BCUT2D eigenvalue weighted by atomic mass is 32.2. The second-order valence-electron chi connectivity index (χ2n) is 6.43. The molecule has 134 valence electrons. The van der Waals surface area contributed by atoms with Crippen LogP contribution < -0.4 is 5.32 Å². The standard InChI is InChI=1S/C22H18N2O2S/c1-14-12-18(13-20-21(25)23-22(26)27-20)15(2)24(14)19-10-8-17(9-11-19)16-6-4-3-5-7-16/h3-13H,1-2H3,(H,23,25,26). The van der Waals surface area contributed by atoms with Gasteiger partial charge < -0.3 is 4.57 Å². The largest absolute Gasteiger partial charge is 0.318 e. The second kappa shape index (κ2) is 6.93. The third kappa shape index (κ3) is 3.34. The Morgan fingerprint density at radius 3 is 2.22 bits per heavy atom. The van der Waals surface area contributed by atoms with Crippen molar-refractivity contribution < 1.29 is 9.59 Å². The van der Waals surface area contributed by atoms with Gasteiger partial charge in [0.05, 0.1) is 4.91 Å². The van der Waals surface area contributed by atoms with Gasteiger partial charge in [-0.1, -0.05) is 42.5 Å². The molecule has 0 saturated carbocycles. The van der Waals surface area contributed by atoms with E-state index in [0.29, 0.717) is 4.91 Å². The molecular weight excluding hydrogens is 356 g/mol. The molecule has 0 aliphatic carbocycles. The number of hydrogen-bond acceptors (Lipinski definition) is 3. The molecule has 1 aromatic heterocycles. The zero-order valence-corrected chi connectivity index (χ0v) is 15.8. The maximum absolute atomic E-state index is 11.8. The van der Waals surface area contributed by atoms with E-state index in [1.54, 1.807) is 6.08 Å². The number of nitrogens with zero attached hydrogens (tertiary/aromatic N) is 1. The molecule has 4 rings (SSSR count). The van der Waals surface area contributed by atoms with Crippen LogP contribution in [0, 0.1) is 13.8 Å². The Kier molecular flexibility index (Phi) is 4.46. The minimum Gasteiger partial charge on any atom is -0.318 e. The van der Waals surface area contributed by atoms with Gasteiger partial charge in [-0.2, -0.15) is 0 Å². The Morgan fingerprint density at radius 1 is 0.926 bits per heavy atom. The summed E-state index contributed by atoms with van der Waals surface area (Å²) in [5.74, 6) is -0.331. The van der Waals surface area contributed by atoms with Crippen LogP contribution in [0.25, 0.3) is 22.9 Å². The first-order valence-electron chi connectivity index (χ1n) is 8.62. The zero-order valence-electron chi connectivity index (χ0n) is 15.0. The maximum Gasteiger partial charge on any atom is 0.290 e. The van der Waals surface area contributed by atoms with Crippen molar-refractivity contribution in [2.75, 3.05) is 0 Å². The lowest BCUT2D eigenvalue weighted by Crippen LogP contribution is -2.17. The van der Waals surface area contributed by atoms with E-state index >= 15 is 0 Å². The first kappa shape index (κ1) is 17.4. The smallest absolute Gasteiger partial charge is 0.290 e. The lowest BCUT2D eigenvalue weighted by atomic mass is 10.1. The van der Waals surface area contributed by atoms with E-state index in [-0.39, 0.29) is 11.1 Å². The topological polar surface area (TPSA) is 51.1 Å². The van der Waals surface area contributed by atoms with Crippen molar-refractivity contribution in [3.05, 3.63) is 82.5 Å². The van der Waals surface area contributed by atoms with Crippen molar-refractivity contribution >= 4 is 29.0 Å². The lowest BCUT2D eigenvalue weighted by Gasteiger charge is -2.11. The zero-order chi connectivity index (χ0) is 19.0. The molecule has 1 N–H and O–H groups in total. The Morgan fingerprint density at radius 2 is 1.59 bits per heavy atom. The van der Waals surface area contributed by atoms with Crippen LogP contribution in [0.2, 0.25) is 0 Å². The third-order valence-corrected chi connectivity index (χ3v) is 5.44. The first-order valence-corrected chi connectivity index (χ1v) is 9.44. The van der Waals surface area contributed by atoms with Crippen molar-refractivity contribution in [1.29, 1.82) is 0 Å². The molecule has 1 fully saturated rings. The Balaban J connectivity index is 1.69. The summed E-state index contributed by atoms with van der Waals surface area (Å²) >= 11 is 0.940. The van der Waals surface area contributed by atoms with E-state index in [1.807, 2.05) is 38.1 Å². The molecule has 4 nitrogen and oxygen atoms in total. The van der Waals surface area contributed by atoms with Crippen LogP contribution in [0.5, 0.6) is 0 Å². The molecule has 0 spiro atoms. The quantitative estimate of drug-likeness (QED) is 0.650. The minimum absolute atomic E-state index is 0.323. The normalized spacial score (nSPS) is 15.4. The van der Waals surface area contributed by atoms with Crippen LogP contribution in [0.3, 0.4) is 0 Å². The molecule has 5 heteroatoms. The first-order chi connectivity index (χ1) is 13.0. The monoisotopic (exact) mass is 374 g/mol. The molecule has 2 heterocycles. The van der Waals surface area contributed by atoms with Crippen molar-refractivity contribution in [3.8, 4) is 16.8 Å². The number of thioether (sulfide) groups is 1. The molecule has 27 heavy (non-hydrogen) atoms. The fourth-order valence-corrected chi connectivity index (χ4v) is 4.00. The minimum atomic E-state index is -0.331. The van der Waals surface area contributed by atoms with E-state index < -0.39 is 0 Å². The van der Waals surface area contributed by atoms with Gasteiger partial charge in [0.2, 0.25) is 0 Å². The molecular formula is C22H18N2O2S. The van der Waals surface area contributed by atoms with Crippen molar-refractivity contribution in [2.24, 2.45) is 0 Å². The summed E-state index contributed by atoms with van der Waals surface area (Å²) in [7, 11) is 0. The summed E-state index contributed by atoms with van der Waals surface area (Å²) in [5.41, 5.74) is 6.45. The number of aromatic nitrogens is 1. The van der Waals surface area contributed by atoms with Crippen molar-refractivity contribution in [1.82, 2.24) is 9.88 Å². The van der Waals surface area contributed by atoms with E-state index in [9.17, 15) is 9.59 Å². The summed E-state index contributed by atoms with van der Waals surface area (Å²) in [4.78, 5) is 23.6. The average molecular weight is 374 g/mol. The molecule has 1 aliphatic rings. The summed E-state index contributed by atoms with van der Waals surface area (Å²) < 4.78 is 2.15. The van der Waals surface area contributed by atoms with Gasteiger partial charge in [-0.15, -0.1) is 0 Å². The van der Waals surface area contributed by atoms with Gasteiger partial charge in [-0.25, -0.2) is 0 Å². The number of rotatable bonds is 3. The number of imide groups is 1. The number of carbonyl (C=O) groups is 2. The summed E-state index contributed by atoms with van der Waals surface area (Å²) in [5, 5.41) is 1.97. The lowest BCUT2D eigenvalue weighted by molar-refractivity contribution is -0.115. The van der Waals surface area contributed by atoms with E-state index in [4.69, 9.17) is 0 Å². The predicted octanol–water partition coefficient (Wildman–Crippen LogP) is 5.09. The summed E-state index contributed by atoms with van der Waals surface area (Å²) in [6, 6.07) is 20.7. The van der Waals surface area contributed by atoms with Gasteiger partial charge in [0.1, 0.15) is 0 Å². The van der Waals surface area contributed by atoms with Crippen LogP contribution in [-0.4, -0.2) is 15.7 Å². The van der Waals surface area contributed by atoms with Gasteiger partial charge in [0.25, 0.3) is 11.1 Å². The molecule has 3 aromatic rings. The second-order valence-corrected chi connectivity index (χ2v) is 7.44. The molecule has 2 amide bonds. The van der Waals surface area contributed by atoms with Crippen molar-refractivity contribution in [3.63, 3.8) is 0 Å². The van der Waals surface area contributed by atoms with E-state index in [1.165, 1.54) is 11.1 Å². The van der Waals surface area contributed by atoms with E-state index in [0.717, 1.165) is 34.4 Å². The molecule has 0 unspecified atom stereocenters. The van der Waals surface area contributed by atoms with Gasteiger partial charge >= 0.3 is 0 Å². The number of amides is 2. The van der Waals surface area contributed by atoms with Crippen LogP contribution in [0.15, 0.2) is 65.6 Å². The fourth-order valence-electron chi connectivity index (χ4n) is 3.33. The Hall–Kier alpha value is -3.05. The number of benzene rings is 2. The van der Waals surface area contributed by atoms with Crippen LogP contribution in [0.4, 0.5) is 4.79 Å². The van der Waals surface area contributed by atoms with Gasteiger partial charge in [0.15, 0.2) is 0 Å². The fraction of sp³-hybridized carbons (Fsp3) is 0.0909. The van der Waals surface area contributed by atoms with Gasteiger partial charge in [-0.3, -0.25) is 14.9 Å². The van der Waals surface area contributed by atoms with Crippen LogP contribution in [-0.2, 0) is 4.79 Å². The average Bonchev–Trinajstić information content (AvgIpc) is 3.13. The molecule has 0 bridgehead atoms.